The maximum Gasteiger partial charge on any atom is 0.498 e. The van der Waals surface area contributed by atoms with Gasteiger partial charge in [0.2, 0.25) is 0 Å². The molecule has 0 aromatic rings. The lowest BCUT2D eigenvalue weighted by Crippen LogP contribution is -2.39. The molecule has 0 saturated carbocycles. The quantitative estimate of drug-likeness (QED) is 0.740. The Bertz CT molecular complexity index is 234. The molecule has 0 heterocycles. The zero-order valence-electron chi connectivity index (χ0n) is 6.13. The fourth-order valence-corrected chi connectivity index (χ4v) is 1.35. The minimum absolute atomic E-state index is 0.0521. The number of sulfone groups is 1. The van der Waals surface area contributed by atoms with Crippen LogP contribution in [-0.4, -0.2) is 19.3 Å². The van der Waals surface area contributed by atoms with E-state index in [1.54, 1.807) is 0 Å². The number of rotatable bonds is 3. The number of alkyl halides is 3. The Morgan fingerprint density at radius 3 is 2.08 bits per heavy atom. The molecule has 0 spiro atoms. The van der Waals surface area contributed by atoms with Gasteiger partial charge >= 0.3 is 5.51 Å². The lowest BCUT2D eigenvalue weighted by atomic mass is 10.3. The molecule has 0 rings (SSSR count). The van der Waals surface area contributed by atoms with Crippen molar-refractivity contribution in [3.63, 3.8) is 0 Å². The van der Waals surface area contributed by atoms with Gasteiger partial charge in [-0.1, -0.05) is 13.3 Å². The van der Waals surface area contributed by atoms with E-state index in [1.165, 1.54) is 0 Å². The van der Waals surface area contributed by atoms with E-state index in [9.17, 15) is 21.6 Å². The number of hydrogen-bond donors (Lipinski definition) is 1. The van der Waals surface area contributed by atoms with Gasteiger partial charge in [-0.05, 0) is 6.42 Å². The van der Waals surface area contributed by atoms with Gasteiger partial charge in [0.25, 0.3) is 9.84 Å². The highest BCUT2D eigenvalue weighted by Gasteiger charge is 2.48. The van der Waals surface area contributed by atoms with Crippen LogP contribution in [0, 0.1) is 6.92 Å². The number of halogens is 3. The van der Waals surface area contributed by atoms with E-state index in [4.69, 9.17) is 5.73 Å². The molecule has 12 heavy (non-hydrogen) atoms. The van der Waals surface area contributed by atoms with Crippen molar-refractivity contribution in [1.82, 2.24) is 0 Å². The first kappa shape index (κ1) is 11.7. The summed E-state index contributed by atoms with van der Waals surface area (Å²) in [5.41, 5.74) is -0.462. The van der Waals surface area contributed by atoms with Gasteiger partial charge in [-0.25, -0.2) is 8.42 Å². The highest BCUT2D eigenvalue weighted by Crippen LogP contribution is 2.26. The zero-order chi connectivity index (χ0) is 9.99. The second-order valence-electron chi connectivity index (χ2n) is 2.17. The molecule has 2 N–H and O–H groups in total. The molecule has 73 valence electrons. The molecule has 0 amide bonds. The maximum absolute atomic E-state index is 11.7. The number of nitrogens with two attached hydrogens (primary N) is 1. The molecule has 0 fully saturated rings. The molecular formula is C5H9F3NO2S. The topological polar surface area (TPSA) is 60.2 Å². The van der Waals surface area contributed by atoms with Crippen LogP contribution in [-0.2, 0) is 9.84 Å². The zero-order valence-corrected chi connectivity index (χ0v) is 6.95. The standard InChI is InChI=1S/C5H9F3NO2S/c1-2-3-4(9)12(10,11)5(6,7)8/h4H,1-3,9H2. The third kappa shape index (κ3) is 2.34. The summed E-state index contributed by atoms with van der Waals surface area (Å²) in [5, 5.41) is -1.89. The van der Waals surface area contributed by atoms with Gasteiger partial charge in [-0.3, -0.25) is 0 Å². The molecule has 0 aliphatic heterocycles. The van der Waals surface area contributed by atoms with E-state index in [-0.39, 0.29) is 12.8 Å². The number of hydrogen-bond acceptors (Lipinski definition) is 3. The molecule has 1 radical (unpaired) electrons. The SMILES string of the molecule is [CH2]CCC(N)S(=O)(=O)C(F)(F)F. The predicted octanol–water partition coefficient (Wildman–Crippen LogP) is 0.820. The lowest BCUT2D eigenvalue weighted by molar-refractivity contribution is -0.0445. The Labute approximate surface area is 68.7 Å². The summed E-state index contributed by atoms with van der Waals surface area (Å²) in [4.78, 5) is 0. The van der Waals surface area contributed by atoms with E-state index in [1.807, 2.05) is 0 Å². The largest absolute Gasteiger partial charge is 0.498 e. The van der Waals surface area contributed by atoms with Crippen LogP contribution in [0.2, 0.25) is 0 Å². The average molecular weight is 204 g/mol. The highest BCUT2D eigenvalue weighted by atomic mass is 32.2. The Hall–Kier alpha value is -0.300. The van der Waals surface area contributed by atoms with E-state index in [0.29, 0.717) is 0 Å². The van der Waals surface area contributed by atoms with Crippen molar-refractivity contribution in [2.45, 2.75) is 23.7 Å². The van der Waals surface area contributed by atoms with Crippen molar-refractivity contribution in [2.75, 3.05) is 0 Å². The average Bonchev–Trinajstić information content (AvgIpc) is 1.85. The summed E-state index contributed by atoms with van der Waals surface area (Å²) in [6.07, 6.45) is -0.238. The minimum atomic E-state index is -5.26. The monoisotopic (exact) mass is 204 g/mol. The normalized spacial score (nSPS) is 16.1. The van der Waals surface area contributed by atoms with Crippen molar-refractivity contribution >= 4 is 9.84 Å². The first-order chi connectivity index (χ1) is 5.23. The van der Waals surface area contributed by atoms with Crippen LogP contribution in [0.3, 0.4) is 0 Å². The Balaban J connectivity index is 4.64. The first-order valence-electron chi connectivity index (χ1n) is 3.08. The van der Waals surface area contributed by atoms with Crippen LogP contribution in [0.15, 0.2) is 0 Å². The second-order valence-corrected chi connectivity index (χ2v) is 4.33. The lowest BCUT2D eigenvalue weighted by Gasteiger charge is -2.13. The summed E-state index contributed by atoms with van der Waals surface area (Å²) in [6, 6.07) is 0. The molecule has 0 aromatic heterocycles. The van der Waals surface area contributed by atoms with Gasteiger partial charge in [0.15, 0.2) is 0 Å². The van der Waals surface area contributed by atoms with Gasteiger partial charge in [-0.15, -0.1) is 0 Å². The molecule has 1 unspecified atom stereocenters. The summed E-state index contributed by atoms with van der Waals surface area (Å²) < 4.78 is 56.1. The van der Waals surface area contributed by atoms with Gasteiger partial charge in [0, 0.05) is 0 Å². The van der Waals surface area contributed by atoms with Crippen LogP contribution < -0.4 is 5.73 Å². The third-order valence-corrected chi connectivity index (χ3v) is 2.89. The molecule has 0 aliphatic carbocycles. The van der Waals surface area contributed by atoms with Crippen molar-refractivity contribution < 1.29 is 21.6 Å². The van der Waals surface area contributed by atoms with Crippen LogP contribution >= 0.6 is 0 Å². The molecule has 0 aliphatic rings. The predicted molar refractivity (Wildman–Crippen MR) is 37.5 cm³/mol. The molecular weight excluding hydrogens is 195 g/mol. The maximum atomic E-state index is 11.7. The van der Waals surface area contributed by atoms with E-state index in [2.05, 4.69) is 6.92 Å². The van der Waals surface area contributed by atoms with Gasteiger partial charge in [0.05, 0.1) is 0 Å². The van der Waals surface area contributed by atoms with Crippen LogP contribution in [0.5, 0.6) is 0 Å². The fourth-order valence-electron chi connectivity index (χ4n) is 0.528. The summed E-state index contributed by atoms with van der Waals surface area (Å²) in [6.45, 7) is 3.21. The molecule has 7 heteroatoms. The van der Waals surface area contributed by atoms with E-state index in [0.717, 1.165) is 0 Å². The summed E-state index contributed by atoms with van der Waals surface area (Å²) in [7, 11) is -5.20. The highest BCUT2D eigenvalue weighted by molar-refractivity contribution is 7.92. The van der Waals surface area contributed by atoms with Crippen LogP contribution in [0.1, 0.15) is 12.8 Å². The van der Waals surface area contributed by atoms with Crippen LogP contribution in [0.25, 0.3) is 0 Å². The van der Waals surface area contributed by atoms with Gasteiger partial charge in [0.1, 0.15) is 5.37 Å². The molecule has 3 nitrogen and oxygen atoms in total. The smallest absolute Gasteiger partial charge is 0.315 e. The minimum Gasteiger partial charge on any atom is -0.315 e. The van der Waals surface area contributed by atoms with Crippen molar-refractivity contribution in [3.05, 3.63) is 6.92 Å². The van der Waals surface area contributed by atoms with Crippen LogP contribution in [0.4, 0.5) is 13.2 Å². The Kier molecular flexibility index (Phi) is 3.52. The molecule has 0 aromatic carbocycles. The van der Waals surface area contributed by atoms with Gasteiger partial charge < -0.3 is 5.73 Å². The van der Waals surface area contributed by atoms with Gasteiger partial charge in [-0.2, -0.15) is 13.2 Å². The molecule has 0 saturated heterocycles. The molecule has 1 atom stereocenters. The Morgan fingerprint density at radius 1 is 1.42 bits per heavy atom. The van der Waals surface area contributed by atoms with Crippen molar-refractivity contribution in [2.24, 2.45) is 5.73 Å². The fraction of sp³-hybridized carbons (Fsp3) is 0.800. The summed E-state index contributed by atoms with van der Waals surface area (Å²) >= 11 is 0. The Morgan fingerprint density at radius 2 is 1.83 bits per heavy atom. The first-order valence-corrected chi connectivity index (χ1v) is 4.63. The van der Waals surface area contributed by atoms with Crippen molar-refractivity contribution in [3.8, 4) is 0 Å². The van der Waals surface area contributed by atoms with E-state index < -0.39 is 20.7 Å². The van der Waals surface area contributed by atoms with Crippen molar-refractivity contribution in [1.29, 1.82) is 0 Å². The molecule has 0 bridgehead atoms. The third-order valence-electron chi connectivity index (χ3n) is 1.21. The second kappa shape index (κ2) is 3.61. The van der Waals surface area contributed by atoms with E-state index >= 15 is 0 Å². The summed E-state index contributed by atoms with van der Waals surface area (Å²) in [5.74, 6) is 0.